The third-order valence-electron chi connectivity index (χ3n) is 7.99. The first kappa shape index (κ1) is 30.2. The van der Waals surface area contributed by atoms with E-state index in [2.05, 4.69) is 0 Å². The number of carbonyl (C=O) groups excluding carboxylic acids is 4. The van der Waals surface area contributed by atoms with Crippen LogP contribution in [-0.2, 0) is 0 Å². The molecule has 5 rings (SSSR count). The van der Waals surface area contributed by atoms with E-state index < -0.39 is 0 Å². The van der Waals surface area contributed by atoms with Crippen LogP contribution in [0, 0.1) is 0 Å². The van der Waals surface area contributed by atoms with Crippen LogP contribution in [-0.4, -0.2) is 23.1 Å². The average molecular weight is 579 g/mol. The van der Waals surface area contributed by atoms with Crippen molar-refractivity contribution in [2.75, 3.05) is 0 Å². The summed E-state index contributed by atoms with van der Waals surface area (Å²) < 4.78 is 0. The SMILES string of the molecule is O=C(CC(CC(=O)c1ccccc1)c1ccc(C(CC(=O)c2ccccc2)CC(=O)c2ccccc2)cc1)c1ccccc1. The summed E-state index contributed by atoms with van der Waals surface area (Å²) in [6, 6.07) is 44.2. The van der Waals surface area contributed by atoms with E-state index in [0.29, 0.717) is 22.3 Å². The fourth-order valence-corrected chi connectivity index (χ4v) is 5.52. The van der Waals surface area contributed by atoms with Gasteiger partial charge in [-0.15, -0.1) is 0 Å². The van der Waals surface area contributed by atoms with Gasteiger partial charge in [0.05, 0.1) is 0 Å². The summed E-state index contributed by atoms with van der Waals surface area (Å²) in [5.41, 5.74) is 4.18. The lowest BCUT2D eigenvalue weighted by Gasteiger charge is -2.20. The van der Waals surface area contributed by atoms with Crippen molar-refractivity contribution in [3.63, 3.8) is 0 Å². The molecule has 0 amide bonds. The van der Waals surface area contributed by atoms with Gasteiger partial charge in [-0.3, -0.25) is 19.2 Å². The molecule has 5 aromatic rings. The highest BCUT2D eigenvalue weighted by molar-refractivity contribution is 6.00. The summed E-state index contributed by atoms with van der Waals surface area (Å²) in [6.45, 7) is 0. The number of hydrogen-bond donors (Lipinski definition) is 0. The van der Waals surface area contributed by atoms with Gasteiger partial charge < -0.3 is 0 Å². The van der Waals surface area contributed by atoms with Crippen molar-refractivity contribution in [1.29, 1.82) is 0 Å². The molecule has 0 heterocycles. The maximum atomic E-state index is 13.2. The number of rotatable bonds is 14. The van der Waals surface area contributed by atoms with E-state index >= 15 is 0 Å². The van der Waals surface area contributed by atoms with E-state index in [0.717, 1.165) is 11.1 Å². The monoisotopic (exact) mass is 578 g/mol. The Morgan fingerprint density at radius 1 is 0.318 bits per heavy atom. The number of carbonyl (C=O) groups is 4. The third kappa shape index (κ3) is 7.99. The molecule has 4 heteroatoms. The van der Waals surface area contributed by atoms with Gasteiger partial charge in [0.1, 0.15) is 0 Å². The van der Waals surface area contributed by atoms with Crippen LogP contribution in [0.15, 0.2) is 146 Å². The third-order valence-corrected chi connectivity index (χ3v) is 7.99. The fourth-order valence-electron chi connectivity index (χ4n) is 5.52. The first-order valence-electron chi connectivity index (χ1n) is 14.9. The molecule has 0 fully saturated rings. The first-order valence-corrected chi connectivity index (χ1v) is 14.9. The van der Waals surface area contributed by atoms with E-state index in [9.17, 15) is 19.2 Å². The topological polar surface area (TPSA) is 68.3 Å². The molecule has 0 N–H and O–H groups in total. The maximum Gasteiger partial charge on any atom is 0.163 e. The Morgan fingerprint density at radius 2 is 0.523 bits per heavy atom. The van der Waals surface area contributed by atoms with E-state index in [1.165, 1.54) is 0 Å². The van der Waals surface area contributed by atoms with E-state index in [1.54, 1.807) is 48.5 Å². The highest BCUT2D eigenvalue weighted by Gasteiger charge is 2.24. The molecule has 0 aromatic heterocycles. The lowest BCUT2D eigenvalue weighted by atomic mass is 9.83. The molecule has 0 saturated heterocycles. The molecule has 0 bridgehead atoms. The van der Waals surface area contributed by atoms with Crippen molar-refractivity contribution in [2.24, 2.45) is 0 Å². The zero-order valence-electron chi connectivity index (χ0n) is 24.5. The second kappa shape index (κ2) is 14.8. The summed E-state index contributed by atoms with van der Waals surface area (Å²) in [5.74, 6) is -0.777. The molecule has 0 aliphatic carbocycles. The van der Waals surface area contributed by atoms with Crippen LogP contribution < -0.4 is 0 Å². The van der Waals surface area contributed by atoms with Crippen molar-refractivity contribution >= 4 is 23.1 Å². The van der Waals surface area contributed by atoms with Crippen LogP contribution in [0.4, 0.5) is 0 Å². The Labute approximate surface area is 258 Å². The highest BCUT2D eigenvalue weighted by Crippen LogP contribution is 2.32. The van der Waals surface area contributed by atoms with Gasteiger partial charge in [0.2, 0.25) is 0 Å². The lowest BCUT2D eigenvalue weighted by molar-refractivity contribution is 0.0927. The van der Waals surface area contributed by atoms with Crippen LogP contribution in [0.5, 0.6) is 0 Å². The largest absolute Gasteiger partial charge is 0.294 e. The van der Waals surface area contributed by atoms with Crippen molar-refractivity contribution in [3.8, 4) is 0 Å². The van der Waals surface area contributed by atoms with E-state index in [1.807, 2.05) is 97.1 Å². The van der Waals surface area contributed by atoms with Gasteiger partial charge in [0, 0.05) is 47.9 Å². The van der Waals surface area contributed by atoms with Crippen molar-refractivity contribution in [3.05, 3.63) is 179 Å². The Morgan fingerprint density at radius 3 is 0.727 bits per heavy atom. The molecule has 4 nitrogen and oxygen atoms in total. The smallest absolute Gasteiger partial charge is 0.163 e. The number of Topliss-reactive ketones (excluding diaryl/α,β-unsaturated/α-hetero) is 4. The standard InChI is InChI=1S/C40H34O4/c41-37(31-13-5-1-6-14-31)25-35(26-38(42)32-15-7-2-8-16-32)29-21-23-30(24-22-29)36(27-39(43)33-17-9-3-10-18-33)28-40(44)34-19-11-4-12-20-34/h1-24,35-36H,25-28H2. The summed E-state index contributed by atoms with van der Waals surface area (Å²) in [5, 5.41) is 0. The molecule has 5 aromatic carbocycles. The van der Waals surface area contributed by atoms with Gasteiger partial charge in [-0.2, -0.15) is 0 Å². The summed E-state index contributed by atoms with van der Waals surface area (Å²) in [4.78, 5) is 53.0. The maximum absolute atomic E-state index is 13.2. The van der Waals surface area contributed by atoms with Gasteiger partial charge in [0.25, 0.3) is 0 Å². The lowest BCUT2D eigenvalue weighted by Crippen LogP contribution is -2.14. The predicted octanol–water partition coefficient (Wildman–Crippen LogP) is 8.95. The fraction of sp³-hybridized carbons (Fsp3) is 0.150. The Bertz CT molecular complexity index is 1460. The summed E-state index contributed by atoms with van der Waals surface area (Å²) in [6.07, 6.45) is 0.739. The first-order chi connectivity index (χ1) is 21.5. The molecule has 0 aliphatic rings. The Balaban J connectivity index is 1.41. The molecule has 0 aliphatic heterocycles. The minimum Gasteiger partial charge on any atom is -0.294 e. The predicted molar refractivity (Wildman–Crippen MR) is 173 cm³/mol. The average Bonchev–Trinajstić information content (AvgIpc) is 3.09. The zero-order valence-corrected chi connectivity index (χ0v) is 24.5. The quantitative estimate of drug-likeness (QED) is 0.123. The molecule has 0 spiro atoms. The minimum atomic E-state index is -0.334. The van der Waals surface area contributed by atoms with Crippen LogP contribution in [0.1, 0.15) is 90.1 Å². The van der Waals surface area contributed by atoms with Gasteiger partial charge in [0.15, 0.2) is 23.1 Å². The van der Waals surface area contributed by atoms with Gasteiger partial charge in [-0.25, -0.2) is 0 Å². The summed E-state index contributed by atoms with van der Waals surface area (Å²) >= 11 is 0. The molecule has 0 radical (unpaired) electrons. The minimum absolute atomic E-state index is 0.0275. The molecule has 0 atom stereocenters. The van der Waals surface area contributed by atoms with Crippen LogP contribution in [0.3, 0.4) is 0 Å². The Kier molecular flexibility index (Phi) is 10.2. The van der Waals surface area contributed by atoms with Crippen LogP contribution >= 0.6 is 0 Å². The van der Waals surface area contributed by atoms with Crippen molar-refractivity contribution < 1.29 is 19.2 Å². The van der Waals surface area contributed by atoms with Gasteiger partial charge in [-0.1, -0.05) is 146 Å². The second-order valence-corrected chi connectivity index (χ2v) is 11.0. The molecule has 0 unspecified atom stereocenters. The molecule has 218 valence electrons. The zero-order chi connectivity index (χ0) is 30.7. The molecule has 44 heavy (non-hydrogen) atoms. The molecule has 0 saturated carbocycles. The van der Waals surface area contributed by atoms with Crippen LogP contribution in [0.2, 0.25) is 0 Å². The second-order valence-electron chi connectivity index (χ2n) is 11.0. The number of ketones is 4. The highest BCUT2D eigenvalue weighted by atomic mass is 16.1. The normalized spacial score (nSPS) is 11.0. The summed E-state index contributed by atoms with van der Waals surface area (Å²) in [7, 11) is 0. The Hall–Kier alpha value is -5.22. The number of hydrogen-bond acceptors (Lipinski definition) is 4. The van der Waals surface area contributed by atoms with E-state index in [-0.39, 0.29) is 60.7 Å². The van der Waals surface area contributed by atoms with Gasteiger partial charge >= 0.3 is 0 Å². The number of benzene rings is 5. The van der Waals surface area contributed by atoms with Crippen molar-refractivity contribution in [1.82, 2.24) is 0 Å². The van der Waals surface area contributed by atoms with Crippen LogP contribution in [0.25, 0.3) is 0 Å². The van der Waals surface area contributed by atoms with Crippen molar-refractivity contribution in [2.45, 2.75) is 37.5 Å². The molecular formula is C40H34O4. The van der Waals surface area contributed by atoms with E-state index in [4.69, 9.17) is 0 Å². The van der Waals surface area contributed by atoms with Gasteiger partial charge in [-0.05, 0) is 23.0 Å². The molecular weight excluding hydrogens is 544 g/mol.